The second-order valence-corrected chi connectivity index (χ2v) is 10.9. The van der Waals surface area contributed by atoms with E-state index in [1.165, 1.54) is 63.9 Å². The normalized spacial score (nSPS) is 21.2. The van der Waals surface area contributed by atoms with Gasteiger partial charge in [-0.1, -0.05) is 32.4 Å². The van der Waals surface area contributed by atoms with Crippen molar-refractivity contribution in [2.75, 3.05) is 19.6 Å². The predicted octanol–water partition coefficient (Wildman–Crippen LogP) is 6.41. The van der Waals surface area contributed by atoms with Crippen LogP contribution in [0.4, 0.5) is 4.39 Å². The summed E-state index contributed by atoms with van der Waals surface area (Å²) in [6.07, 6.45) is 7.56. The quantitative estimate of drug-likeness (QED) is 0.531. The third-order valence-corrected chi connectivity index (χ3v) is 7.38. The highest BCUT2D eigenvalue weighted by molar-refractivity contribution is 6.33. The second kappa shape index (κ2) is 8.55. The Kier molecular flexibility index (Phi) is 6.18. The number of rotatable bonds is 6. The van der Waals surface area contributed by atoms with Crippen molar-refractivity contribution in [2.24, 2.45) is 16.7 Å². The minimum absolute atomic E-state index is 0.341. The molecule has 1 spiro atoms. The third-order valence-electron chi connectivity index (χ3n) is 7.06. The first-order chi connectivity index (χ1) is 14.2. The van der Waals surface area contributed by atoms with Crippen molar-refractivity contribution >= 4 is 11.6 Å². The molecule has 1 unspecified atom stereocenters. The highest BCUT2D eigenvalue weighted by Gasteiger charge is 2.53. The fourth-order valence-electron chi connectivity index (χ4n) is 4.82. The largest absolute Gasteiger partial charge is 0.303 e. The SMILES string of the molecule is CC(C)(C)CCN1CCC2(CC1)CC2CCc1ccc(-c2ccc(F)cc2Cl)nn1. The van der Waals surface area contributed by atoms with E-state index >= 15 is 0 Å². The summed E-state index contributed by atoms with van der Waals surface area (Å²) in [6.45, 7) is 10.8. The van der Waals surface area contributed by atoms with Gasteiger partial charge >= 0.3 is 0 Å². The lowest BCUT2D eigenvalue weighted by molar-refractivity contribution is 0.145. The first kappa shape index (κ1) is 21.7. The van der Waals surface area contributed by atoms with Gasteiger partial charge in [-0.05, 0) is 105 Å². The van der Waals surface area contributed by atoms with Gasteiger partial charge in [-0.15, -0.1) is 0 Å². The van der Waals surface area contributed by atoms with Gasteiger partial charge in [0.15, 0.2) is 0 Å². The molecule has 0 amide bonds. The van der Waals surface area contributed by atoms with Crippen molar-refractivity contribution in [3.8, 4) is 11.3 Å². The molecule has 1 aliphatic carbocycles. The van der Waals surface area contributed by atoms with E-state index in [9.17, 15) is 4.39 Å². The number of hydrogen-bond acceptors (Lipinski definition) is 3. The highest BCUT2D eigenvalue weighted by Crippen LogP contribution is 2.61. The van der Waals surface area contributed by atoms with Crippen LogP contribution in [0.25, 0.3) is 11.3 Å². The zero-order chi connectivity index (χ0) is 21.4. The molecule has 3 nitrogen and oxygen atoms in total. The number of halogens is 2. The van der Waals surface area contributed by atoms with Crippen molar-refractivity contribution in [1.29, 1.82) is 0 Å². The Morgan fingerprint density at radius 3 is 2.53 bits per heavy atom. The minimum atomic E-state index is -0.341. The van der Waals surface area contributed by atoms with Crippen LogP contribution in [0.1, 0.15) is 58.6 Å². The van der Waals surface area contributed by atoms with E-state index < -0.39 is 0 Å². The van der Waals surface area contributed by atoms with E-state index in [4.69, 9.17) is 11.6 Å². The van der Waals surface area contributed by atoms with Gasteiger partial charge in [0.2, 0.25) is 0 Å². The molecular formula is C25H33ClFN3. The maximum absolute atomic E-state index is 13.2. The van der Waals surface area contributed by atoms with Gasteiger partial charge in [-0.25, -0.2) is 4.39 Å². The molecule has 5 heteroatoms. The number of aryl methyl sites for hydroxylation is 1. The summed E-state index contributed by atoms with van der Waals surface area (Å²) in [7, 11) is 0. The molecule has 2 aromatic rings. The van der Waals surface area contributed by atoms with Crippen molar-refractivity contribution in [3.05, 3.63) is 46.9 Å². The van der Waals surface area contributed by atoms with E-state index in [1.807, 2.05) is 12.1 Å². The van der Waals surface area contributed by atoms with Gasteiger partial charge in [0.05, 0.1) is 16.4 Å². The van der Waals surface area contributed by atoms with Crippen LogP contribution in [0.3, 0.4) is 0 Å². The van der Waals surface area contributed by atoms with E-state index in [-0.39, 0.29) is 5.82 Å². The molecule has 2 heterocycles. The van der Waals surface area contributed by atoms with Crippen LogP contribution in [-0.4, -0.2) is 34.7 Å². The molecule has 1 atom stereocenters. The lowest BCUT2D eigenvalue weighted by Crippen LogP contribution is -2.37. The predicted molar refractivity (Wildman–Crippen MR) is 121 cm³/mol. The molecular weight excluding hydrogens is 397 g/mol. The number of nitrogens with zero attached hydrogens (tertiary/aromatic N) is 3. The molecule has 0 radical (unpaired) electrons. The molecule has 162 valence electrons. The van der Waals surface area contributed by atoms with Gasteiger partial charge in [-0.3, -0.25) is 0 Å². The summed E-state index contributed by atoms with van der Waals surface area (Å²) < 4.78 is 13.2. The fourth-order valence-corrected chi connectivity index (χ4v) is 5.09. The van der Waals surface area contributed by atoms with Crippen LogP contribution in [0.5, 0.6) is 0 Å². The van der Waals surface area contributed by atoms with Crippen LogP contribution >= 0.6 is 11.6 Å². The maximum atomic E-state index is 13.2. The molecule has 0 N–H and O–H groups in total. The van der Waals surface area contributed by atoms with Gasteiger partial charge in [0, 0.05) is 5.56 Å². The van der Waals surface area contributed by atoms with Crippen molar-refractivity contribution < 1.29 is 4.39 Å². The molecule has 1 aromatic heterocycles. The van der Waals surface area contributed by atoms with E-state index in [0.717, 1.165) is 23.6 Å². The van der Waals surface area contributed by atoms with Crippen LogP contribution in [0, 0.1) is 22.6 Å². The molecule has 0 bridgehead atoms. The number of piperidine rings is 1. The van der Waals surface area contributed by atoms with E-state index in [1.54, 1.807) is 6.07 Å². The topological polar surface area (TPSA) is 29.0 Å². The molecule has 1 saturated heterocycles. The van der Waals surface area contributed by atoms with Crippen molar-refractivity contribution in [2.45, 2.75) is 59.3 Å². The van der Waals surface area contributed by atoms with E-state index in [2.05, 4.69) is 35.9 Å². The monoisotopic (exact) mass is 429 g/mol. The number of hydrogen-bond donors (Lipinski definition) is 0. The Hall–Kier alpha value is -1.52. The van der Waals surface area contributed by atoms with Gasteiger partial charge in [0.1, 0.15) is 5.82 Å². The standard InChI is InChI=1S/C25H33ClFN3/c1-24(2,3)10-13-30-14-11-25(12-15-30)17-18(25)4-6-20-7-9-23(29-28-20)21-8-5-19(27)16-22(21)26/h5,7-9,16,18H,4,6,10-15,17H2,1-3H3. The Balaban J connectivity index is 1.25. The summed E-state index contributed by atoms with van der Waals surface area (Å²) in [4.78, 5) is 2.66. The molecule has 1 aliphatic heterocycles. The van der Waals surface area contributed by atoms with E-state index in [0.29, 0.717) is 21.5 Å². The Labute approximate surface area is 185 Å². The number of aromatic nitrogens is 2. The van der Waals surface area contributed by atoms with Crippen LogP contribution in [0.15, 0.2) is 30.3 Å². The Morgan fingerprint density at radius 1 is 1.13 bits per heavy atom. The lowest BCUT2D eigenvalue weighted by atomic mass is 9.88. The third kappa shape index (κ3) is 5.20. The van der Waals surface area contributed by atoms with Gasteiger partial charge in [0.25, 0.3) is 0 Å². The minimum Gasteiger partial charge on any atom is -0.303 e. The second-order valence-electron chi connectivity index (χ2n) is 10.5. The van der Waals surface area contributed by atoms with Crippen molar-refractivity contribution in [1.82, 2.24) is 15.1 Å². The zero-order valence-corrected chi connectivity index (χ0v) is 19.2. The number of likely N-dealkylation sites (tertiary alicyclic amines) is 1. The van der Waals surface area contributed by atoms with Gasteiger partial charge in [-0.2, -0.15) is 10.2 Å². The van der Waals surface area contributed by atoms with Crippen LogP contribution in [-0.2, 0) is 6.42 Å². The summed E-state index contributed by atoms with van der Waals surface area (Å²) >= 11 is 6.14. The molecule has 1 aromatic carbocycles. The summed E-state index contributed by atoms with van der Waals surface area (Å²) in [5.41, 5.74) is 3.47. The molecule has 1 saturated carbocycles. The number of benzene rings is 1. The fraction of sp³-hybridized carbons (Fsp3) is 0.600. The van der Waals surface area contributed by atoms with Crippen molar-refractivity contribution in [3.63, 3.8) is 0 Å². The van der Waals surface area contributed by atoms with Crippen LogP contribution in [0.2, 0.25) is 5.02 Å². The smallest absolute Gasteiger partial charge is 0.124 e. The van der Waals surface area contributed by atoms with Crippen LogP contribution < -0.4 is 0 Å². The first-order valence-electron chi connectivity index (χ1n) is 11.2. The average molecular weight is 430 g/mol. The van der Waals surface area contributed by atoms with Gasteiger partial charge < -0.3 is 4.90 Å². The first-order valence-corrected chi connectivity index (χ1v) is 11.6. The average Bonchev–Trinajstić information content (AvgIpc) is 3.38. The highest BCUT2D eigenvalue weighted by atomic mass is 35.5. The summed E-state index contributed by atoms with van der Waals surface area (Å²) in [5.74, 6) is 0.502. The summed E-state index contributed by atoms with van der Waals surface area (Å²) in [6, 6.07) is 8.35. The molecule has 4 rings (SSSR count). The molecule has 2 aliphatic rings. The Morgan fingerprint density at radius 2 is 1.90 bits per heavy atom. The zero-order valence-electron chi connectivity index (χ0n) is 18.4. The molecule has 30 heavy (non-hydrogen) atoms. The molecule has 2 fully saturated rings. The maximum Gasteiger partial charge on any atom is 0.124 e. The summed E-state index contributed by atoms with van der Waals surface area (Å²) in [5, 5.41) is 9.10. The lowest BCUT2D eigenvalue weighted by Gasteiger charge is -2.34. The Bertz CT molecular complexity index is 867.